The van der Waals surface area contributed by atoms with Gasteiger partial charge in [-0.15, -0.1) is 0 Å². The molecule has 0 saturated carbocycles. The van der Waals surface area contributed by atoms with Gasteiger partial charge in [-0.25, -0.2) is 0 Å². The quantitative estimate of drug-likeness (QED) is 0.146. The van der Waals surface area contributed by atoms with Crippen LogP contribution in [0.3, 0.4) is 0 Å². The van der Waals surface area contributed by atoms with E-state index < -0.39 is 16.2 Å². The Morgan fingerprint density at radius 1 is 0.165 bits per heavy atom. The predicted octanol–water partition coefficient (Wildman–Crippen LogP) is 19.4. The molecule has 14 aromatic carbocycles. The average Bonchev–Trinajstić information content (AvgIpc) is 2.74. The summed E-state index contributed by atoms with van der Waals surface area (Å²) < 4.78 is 0. The van der Waals surface area contributed by atoms with Gasteiger partial charge >= 0.3 is 0 Å². The summed E-state index contributed by atoms with van der Waals surface area (Å²) in [5.41, 5.74) is 24.4. The predicted molar refractivity (Wildman–Crippen MR) is 327 cm³/mol. The molecular formula is C79H48. The Morgan fingerprint density at radius 2 is 0.481 bits per heavy atom. The highest BCUT2D eigenvalue weighted by molar-refractivity contribution is 6.19. The van der Waals surface area contributed by atoms with Crippen molar-refractivity contribution < 1.29 is 0 Å². The zero-order valence-corrected chi connectivity index (χ0v) is 43.2. The molecule has 0 atom stereocenters. The molecule has 0 heterocycles. The van der Waals surface area contributed by atoms with E-state index in [9.17, 15) is 0 Å². The minimum atomic E-state index is -0.564. The van der Waals surface area contributed by atoms with Crippen molar-refractivity contribution in [1.82, 2.24) is 0 Å². The molecule has 0 nitrogen and oxygen atoms in total. The third kappa shape index (κ3) is 5.34. The van der Waals surface area contributed by atoms with Gasteiger partial charge in [-0.1, -0.05) is 255 Å². The Bertz CT molecular complexity index is 4540. The Kier molecular flexibility index (Phi) is 8.56. The van der Waals surface area contributed by atoms with Gasteiger partial charge < -0.3 is 0 Å². The van der Waals surface area contributed by atoms with Gasteiger partial charge in [0.15, 0.2) is 0 Å². The molecule has 0 aromatic heterocycles. The maximum absolute atomic E-state index is 2.57. The first-order valence-electron chi connectivity index (χ1n) is 27.9. The molecule has 0 amide bonds. The van der Waals surface area contributed by atoms with Gasteiger partial charge in [-0.3, -0.25) is 0 Å². The lowest BCUT2D eigenvalue weighted by Gasteiger charge is -2.34. The molecule has 18 rings (SSSR count). The molecule has 4 aliphatic rings. The van der Waals surface area contributed by atoms with E-state index in [0.717, 1.165) is 0 Å². The Labute approximate surface area is 459 Å². The molecule has 0 heteroatoms. The smallest absolute Gasteiger partial charge is 0.0622 e. The van der Waals surface area contributed by atoms with Crippen LogP contribution in [-0.2, 0) is 16.2 Å². The molecule has 14 aromatic rings. The maximum atomic E-state index is 2.57. The second-order valence-electron chi connectivity index (χ2n) is 22.5. The summed E-state index contributed by atoms with van der Waals surface area (Å²) in [6.07, 6.45) is 0. The topological polar surface area (TPSA) is 0 Å². The number of rotatable bonds is 6. The molecule has 1 spiro atoms. The second kappa shape index (κ2) is 15.6. The SMILES string of the molecule is c1ccc(C2(c3ccccc3)c3cccc4ccc5cc(-c6ccc7c(c6)C6(c8ccccc8-c8ccccc86)c6cc(-c8cc9c%10c(ccc%11cccc(c%11%10)C9(c9ccccc9)c9ccccc9)c8)ccc6-7)cc2c5c34)cc1. The highest BCUT2D eigenvalue weighted by Crippen LogP contribution is 2.65. The lowest BCUT2D eigenvalue weighted by molar-refractivity contribution is 0.771. The van der Waals surface area contributed by atoms with Gasteiger partial charge in [0.2, 0.25) is 0 Å². The first-order valence-corrected chi connectivity index (χ1v) is 27.9. The monoisotopic (exact) mass is 996 g/mol. The fourth-order valence-corrected chi connectivity index (χ4v) is 16.2. The van der Waals surface area contributed by atoms with Crippen LogP contribution in [0.4, 0.5) is 0 Å². The fourth-order valence-electron chi connectivity index (χ4n) is 16.2. The summed E-state index contributed by atoms with van der Waals surface area (Å²) in [4.78, 5) is 0. The zero-order chi connectivity index (χ0) is 51.6. The van der Waals surface area contributed by atoms with Crippen LogP contribution in [0.5, 0.6) is 0 Å². The molecule has 0 N–H and O–H groups in total. The molecule has 79 heavy (non-hydrogen) atoms. The van der Waals surface area contributed by atoms with Crippen LogP contribution in [0, 0.1) is 0 Å². The first-order chi connectivity index (χ1) is 39.2. The van der Waals surface area contributed by atoms with Crippen molar-refractivity contribution in [3.05, 3.63) is 358 Å². The molecule has 0 unspecified atom stereocenters. The van der Waals surface area contributed by atoms with Gasteiger partial charge in [0.1, 0.15) is 0 Å². The van der Waals surface area contributed by atoms with Crippen LogP contribution >= 0.6 is 0 Å². The van der Waals surface area contributed by atoms with Crippen molar-refractivity contribution in [1.29, 1.82) is 0 Å². The Morgan fingerprint density at radius 3 is 0.886 bits per heavy atom. The molecule has 4 aliphatic carbocycles. The molecule has 0 saturated heterocycles. The third-order valence-electron chi connectivity index (χ3n) is 19.1. The summed E-state index contributed by atoms with van der Waals surface area (Å²) in [6, 6.07) is 112. The lowest BCUT2D eigenvalue weighted by atomic mass is 9.67. The van der Waals surface area contributed by atoms with Crippen LogP contribution in [0.15, 0.2) is 291 Å². The Balaban J connectivity index is 0.880. The van der Waals surface area contributed by atoms with E-state index in [2.05, 4.69) is 291 Å². The van der Waals surface area contributed by atoms with E-state index >= 15 is 0 Å². The number of hydrogen-bond acceptors (Lipinski definition) is 0. The standard InChI is InChI=1S/C79H48/c1-5-21-57(22-6-1)77(58-23-7-2-8-24-58)67-33-17-19-49-35-37-53-43-55(47-71(77)75(53)73(49)67)51-39-41-63-64-42-40-52(46-70(64)79(69(63)45-51)65-31-15-13-29-61(65)62-30-14-16-32-66(62)79)56-44-54-38-36-50-20-18-34-68-74(50)76(54)72(48-56)78(68,59-25-9-3-10-26-59)60-27-11-4-12-28-60/h1-48H. The second-order valence-corrected chi connectivity index (χ2v) is 22.5. The van der Waals surface area contributed by atoms with Crippen LogP contribution < -0.4 is 0 Å². The summed E-state index contributed by atoms with van der Waals surface area (Å²) >= 11 is 0. The van der Waals surface area contributed by atoms with Gasteiger partial charge in [-0.2, -0.15) is 0 Å². The van der Waals surface area contributed by atoms with Crippen LogP contribution in [0.2, 0.25) is 0 Å². The van der Waals surface area contributed by atoms with Gasteiger partial charge in [-0.05, 0) is 191 Å². The summed E-state index contributed by atoms with van der Waals surface area (Å²) in [7, 11) is 0. The van der Waals surface area contributed by atoms with Crippen molar-refractivity contribution in [2.24, 2.45) is 0 Å². The van der Waals surface area contributed by atoms with Crippen LogP contribution in [-0.4, -0.2) is 0 Å². The summed E-state index contributed by atoms with van der Waals surface area (Å²) in [6.45, 7) is 0. The van der Waals surface area contributed by atoms with E-state index in [1.165, 1.54) is 154 Å². The zero-order valence-electron chi connectivity index (χ0n) is 43.2. The molecule has 364 valence electrons. The molecule has 0 aliphatic heterocycles. The van der Waals surface area contributed by atoms with E-state index in [-0.39, 0.29) is 0 Å². The first kappa shape index (κ1) is 43.2. The molecule has 0 radical (unpaired) electrons. The fraction of sp³-hybridized carbons (Fsp3) is 0.0380. The van der Waals surface area contributed by atoms with E-state index in [4.69, 9.17) is 0 Å². The average molecular weight is 997 g/mol. The largest absolute Gasteiger partial charge is 0.0725 e. The van der Waals surface area contributed by atoms with E-state index in [1.807, 2.05) is 0 Å². The van der Waals surface area contributed by atoms with Gasteiger partial charge in [0.25, 0.3) is 0 Å². The van der Waals surface area contributed by atoms with Crippen molar-refractivity contribution in [3.8, 4) is 44.5 Å². The van der Waals surface area contributed by atoms with Crippen molar-refractivity contribution >= 4 is 43.1 Å². The van der Waals surface area contributed by atoms with Gasteiger partial charge in [0.05, 0.1) is 16.2 Å². The van der Waals surface area contributed by atoms with Crippen LogP contribution in [0.25, 0.3) is 87.6 Å². The maximum Gasteiger partial charge on any atom is 0.0725 e. The van der Waals surface area contributed by atoms with E-state index in [0.29, 0.717) is 0 Å². The molecule has 0 fully saturated rings. The highest BCUT2D eigenvalue weighted by atomic mass is 14.5. The van der Waals surface area contributed by atoms with Crippen molar-refractivity contribution in [3.63, 3.8) is 0 Å². The molecular weight excluding hydrogens is 949 g/mol. The van der Waals surface area contributed by atoms with Crippen LogP contribution in [0.1, 0.15) is 66.8 Å². The number of benzene rings is 14. The minimum absolute atomic E-state index is 0.507. The Hall–Kier alpha value is -9.88. The van der Waals surface area contributed by atoms with Crippen molar-refractivity contribution in [2.45, 2.75) is 16.2 Å². The molecule has 0 bridgehead atoms. The minimum Gasteiger partial charge on any atom is -0.0622 e. The van der Waals surface area contributed by atoms with Crippen molar-refractivity contribution in [2.75, 3.05) is 0 Å². The number of hydrogen-bond donors (Lipinski definition) is 0. The number of fused-ring (bicyclic) bond motifs is 10. The summed E-state index contributed by atoms with van der Waals surface area (Å²) in [5.74, 6) is 0. The van der Waals surface area contributed by atoms with E-state index in [1.54, 1.807) is 0 Å². The third-order valence-corrected chi connectivity index (χ3v) is 19.1. The van der Waals surface area contributed by atoms with Gasteiger partial charge in [0, 0.05) is 0 Å². The summed E-state index contributed by atoms with van der Waals surface area (Å²) in [5, 5.41) is 10.5. The highest BCUT2D eigenvalue weighted by Gasteiger charge is 2.53. The normalized spacial score (nSPS) is 14.9. The lowest BCUT2D eigenvalue weighted by Crippen LogP contribution is -2.28.